The van der Waals surface area contributed by atoms with E-state index >= 15 is 0 Å². The lowest BCUT2D eigenvalue weighted by atomic mass is 10.2. The predicted octanol–water partition coefficient (Wildman–Crippen LogP) is 2.04. The molecule has 1 rings (SSSR count). The number of nitrogens with zero attached hydrogens (tertiary/aromatic N) is 2. The Kier molecular flexibility index (Phi) is 6.53. The molecule has 13 heavy (non-hydrogen) atoms. The summed E-state index contributed by atoms with van der Waals surface area (Å²) >= 11 is 0. The van der Waals surface area contributed by atoms with E-state index in [1.807, 2.05) is 0 Å². The smallest absolute Gasteiger partial charge is 0.171 e. The third-order valence-electron chi connectivity index (χ3n) is 1.82. The summed E-state index contributed by atoms with van der Waals surface area (Å²) in [5.74, 6) is 0. The number of aryl methyl sites for hydroxylation is 2. The summed E-state index contributed by atoms with van der Waals surface area (Å²) in [6.45, 7) is 10.2. The maximum absolute atomic E-state index is 6.25. The van der Waals surface area contributed by atoms with Crippen molar-refractivity contribution in [3.63, 3.8) is 0 Å². The minimum Gasteiger partial charge on any atom is -0.512 e. The maximum atomic E-state index is 6.25. The van der Waals surface area contributed by atoms with Crippen LogP contribution in [0, 0.1) is 11.8 Å². The van der Waals surface area contributed by atoms with E-state index in [-0.39, 0.29) is 0 Å². The zero-order valence-electron chi connectivity index (χ0n) is 8.33. The largest absolute Gasteiger partial charge is 0.512 e. The average molecular weight is 176 g/mol. The third-order valence-corrected chi connectivity index (χ3v) is 1.82. The highest BCUT2D eigenvalue weighted by Gasteiger charge is 1.97. The van der Waals surface area contributed by atoms with Gasteiger partial charge in [-0.2, -0.15) is 0 Å². The summed E-state index contributed by atoms with van der Waals surface area (Å²) in [5.41, 5.74) is 1.44. The molecule has 1 heterocycles. The average Bonchev–Trinajstić information content (AvgIpc) is 2.22. The molecule has 1 aromatic rings. The molecule has 2 nitrogen and oxygen atoms in total. The van der Waals surface area contributed by atoms with Crippen molar-refractivity contribution in [3.05, 3.63) is 36.7 Å². The van der Waals surface area contributed by atoms with Crippen LogP contribution in [0.2, 0.25) is 0 Å². The molecule has 2 heteroatoms. The van der Waals surface area contributed by atoms with E-state index in [2.05, 4.69) is 42.9 Å². The highest BCUT2D eigenvalue weighted by atomic mass is 14.9. The molecule has 70 valence electrons. The Labute approximate surface area is 80.4 Å². The third kappa shape index (κ3) is 4.27. The minimum absolute atomic E-state index is 1.07. The van der Waals surface area contributed by atoms with Crippen molar-refractivity contribution in [2.75, 3.05) is 0 Å². The molecule has 0 unspecified atom stereocenters. The van der Waals surface area contributed by atoms with Crippen molar-refractivity contribution in [1.29, 1.82) is 5.26 Å². The van der Waals surface area contributed by atoms with E-state index < -0.39 is 0 Å². The van der Waals surface area contributed by atoms with Gasteiger partial charge in [-0.1, -0.05) is 13.3 Å². The Morgan fingerprint density at radius 3 is 2.62 bits per heavy atom. The highest BCUT2D eigenvalue weighted by Crippen LogP contribution is 1.97. The molecular formula is C11H16N2. The maximum Gasteiger partial charge on any atom is 0.171 e. The summed E-state index contributed by atoms with van der Waals surface area (Å²) in [7, 11) is 0. The molecule has 0 spiro atoms. The lowest BCUT2D eigenvalue weighted by Crippen LogP contribution is -2.31. The second-order valence-corrected chi connectivity index (χ2v) is 2.79. The quantitative estimate of drug-likeness (QED) is 0.511. The van der Waals surface area contributed by atoms with Crippen molar-refractivity contribution >= 4 is 0 Å². The molecule has 0 saturated heterocycles. The standard InChI is InChI=1S/C10H16N.CN/c1-3-6-10-7-5-8-11(4-2)9-10;1-2/h5,7-9H,3-4,6H2,1-2H3;/q+1;-1. The molecule has 0 atom stereocenters. The Bertz CT molecular complexity index is 253. The van der Waals surface area contributed by atoms with Gasteiger partial charge in [-0.05, 0) is 19.4 Å². The summed E-state index contributed by atoms with van der Waals surface area (Å²) in [5, 5.41) is 6.25. The second-order valence-electron chi connectivity index (χ2n) is 2.79. The molecule has 0 N–H and O–H groups in total. The van der Waals surface area contributed by atoms with Crippen LogP contribution in [0.5, 0.6) is 0 Å². The van der Waals surface area contributed by atoms with Crippen molar-refractivity contribution in [2.24, 2.45) is 0 Å². The molecule has 0 aliphatic rings. The SMILES string of the molecule is CCCc1ccc[n+](CC)c1.[C-]#N. The van der Waals surface area contributed by atoms with Crippen LogP contribution in [0.4, 0.5) is 0 Å². The molecule has 0 bridgehead atoms. The molecule has 0 saturated carbocycles. The van der Waals surface area contributed by atoms with E-state index in [1.165, 1.54) is 18.4 Å². The van der Waals surface area contributed by atoms with Crippen LogP contribution in [0.3, 0.4) is 0 Å². The highest BCUT2D eigenvalue weighted by molar-refractivity contribution is 5.04. The Balaban J connectivity index is 0.000000671. The van der Waals surface area contributed by atoms with Crippen LogP contribution in [0.15, 0.2) is 24.5 Å². The topological polar surface area (TPSA) is 27.7 Å². The van der Waals surface area contributed by atoms with Gasteiger partial charge in [0.1, 0.15) is 6.54 Å². The van der Waals surface area contributed by atoms with Gasteiger partial charge in [0.25, 0.3) is 0 Å². The van der Waals surface area contributed by atoms with Gasteiger partial charge in [0, 0.05) is 11.6 Å². The van der Waals surface area contributed by atoms with Crippen LogP contribution in [0.1, 0.15) is 25.8 Å². The molecule has 1 aromatic heterocycles. The number of pyridine rings is 1. The Morgan fingerprint density at radius 1 is 1.38 bits per heavy atom. The lowest BCUT2D eigenvalue weighted by Gasteiger charge is -1.95. The molecule has 0 radical (unpaired) electrons. The zero-order chi connectivity index (χ0) is 10.1. The van der Waals surface area contributed by atoms with Gasteiger partial charge in [-0.3, -0.25) is 0 Å². The first-order chi connectivity index (χ1) is 6.36. The van der Waals surface area contributed by atoms with E-state index in [9.17, 15) is 0 Å². The zero-order valence-corrected chi connectivity index (χ0v) is 8.33. The van der Waals surface area contributed by atoms with E-state index in [4.69, 9.17) is 11.8 Å². The first-order valence-corrected chi connectivity index (χ1v) is 4.57. The van der Waals surface area contributed by atoms with E-state index in [1.54, 1.807) is 0 Å². The summed E-state index contributed by atoms with van der Waals surface area (Å²) in [4.78, 5) is 0. The first kappa shape index (κ1) is 11.6. The minimum atomic E-state index is 1.07. The number of hydrogen-bond acceptors (Lipinski definition) is 1. The second kappa shape index (κ2) is 7.30. The van der Waals surface area contributed by atoms with Gasteiger partial charge in [-0.25, -0.2) is 4.57 Å². The van der Waals surface area contributed by atoms with E-state index in [0.717, 1.165) is 6.54 Å². The lowest BCUT2D eigenvalue weighted by molar-refractivity contribution is -0.694. The van der Waals surface area contributed by atoms with Crippen LogP contribution in [-0.2, 0) is 13.0 Å². The van der Waals surface area contributed by atoms with Gasteiger partial charge in [0.15, 0.2) is 12.4 Å². The summed E-state index contributed by atoms with van der Waals surface area (Å²) in [6.07, 6.45) is 6.76. The molecule has 0 aliphatic carbocycles. The Morgan fingerprint density at radius 2 is 2.08 bits per heavy atom. The van der Waals surface area contributed by atoms with Crippen LogP contribution >= 0.6 is 0 Å². The number of hydrogen-bond donors (Lipinski definition) is 0. The van der Waals surface area contributed by atoms with Gasteiger partial charge in [0.2, 0.25) is 0 Å². The summed E-state index contributed by atoms with van der Waals surface area (Å²) in [6, 6.07) is 4.31. The van der Waals surface area contributed by atoms with Crippen molar-refractivity contribution < 1.29 is 4.57 Å². The predicted molar refractivity (Wildman–Crippen MR) is 51.3 cm³/mol. The molecule has 0 aromatic carbocycles. The van der Waals surface area contributed by atoms with Gasteiger partial charge in [0.05, 0.1) is 0 Å². The van der Waals surface area contributed by atoms with Crippen molar-refractivity contribution in [1.82, 2.24) is 0 Å². The van der Waals surface area contributed by atoms with Gasteiger partial charge in [-0.15, -0.1) is 0 Å². The fraction of sp³-hybridized carbons (Fsp3) is 0.455. The fourth-order valence-electron chi connectivity index (χ4n) is 1.21. The van der Waals surface area contributed by atoms with Crippen molar-refractivity contribution in [3.8, 4) is 0 Å². The fourth-order valence-corrected chi connectivity index (χ4v) is 1.21. The molecule has 0 amide bonds. The molecular weight excluding hydrogens is 160 g/mol. The first-order valence-electron chi connectivity index (χ1n) is 4.57. The van der Waals surface area contributed by atoms with Crippen LogP contribution in [0.25, 0.3) is 0 Å². The van der Waals surface area contributed by atoms with Gasteiger partial charge < -0.3 is 11.8 Å². The molecule has 0 fully saturated rings. The monoisotopic (exact) mass is 176 g/mol. The van der Waals surface area contributed by atoms with Gasteiger partial charge >= 0.3 is 0 Å². The van der Waals surface area contributed by atoms with E-state index in [0.29, 0.717) is 0 Å². The Hall–Kier alpha value is -1.36. The number of aromatic nitrogens is 1. The van der Waals surface area contributed by atoms with Crippen molar-refractivity contribution in [2.45, 2.75) is 33.2 Å². The van der Waals surface area contributed by atoms with Crippen LogP contribution in [-0.4, -0.2) is 0 Å². The van der Waals surface area contributed by atoms with Crippen LogP contribution < -0.4 is 4.57 Å². The number of rotatable bonds is 3. The molecule has 0 aliphatic heterocycles. The normalized spacial score (nSPS) is 8.62. The summed E-state index contributed by atoms with van der Waals surface area (Å²) < 4.78 is 2.21.